The number of ether oxygens (including phenoxy) is 1. The van der Waals surface area contributed by atoms with Crippen molar-refractivity contribution in [2.24, 2.45) is 0 Å². The standard InChI is InChI=1S/C20H20FN3O4/c21-15-1-3-16(4-2-15)24-13-20(28-12-18(24)26)5-7-23(8-6-20)19(27)14-9-17(25)11-22-10-14/h1-4,9-11,25H,5-8,12-13H2. The summed E-state index contributed by atoms with van der Waals surface area (Å²) in [6.45, 7) is 1.27. The highest BCUT2D eigenvalue weighted by Crippen LogP contribution is 2.33. The smallest absolute Gasteiger partial charge is 0.255 e. The van der Waals surface area contributed by atoms with Gasteiger partial charge in [-0.25, -0.2) is 4.39 Å². The van der Waals surface area contributed by atoms with Gasteiger partial charge in [0.1, 0.15) is 18.2 Å². The molecule has 2 aliphatic rings. The molecular formula is C20H20FN3O4. The third kappa shape index (κ3) is 3.55. The number of hydrogen-bond acceptors (Lipinski definition) is 5. The SMILES string of the molecule is O=C(c1cncc(O)c1)N1CCC2(CC1)CN(c1ccc(F)cc1)C(=O)CO2. The van der Waals surface area contributed by atoms with E-state index < -0.39 is 5.60 Å². The van der Waals surface area contributed by atoms with Gasteiger partial charge in [-0.2, -0.15) is 0 Å². The van der Waals surface area contributed by atoms with E-state index in [-0.39, 0.29) is 30.0 Å². The second-order valence-corrected chi connectivity index (χ2v) is 7.15. The Bertz CT molecular complexity index is 895. The summed E-state index contributed by atoms with van der Waals surface area (Å²) in [5.74, 6) is -0.766. The highest BCUT2D eigenvalue weighted by atomic mass is 19.1. The van der Waals surface area contributed by atoms with E-state index >= 15 is 0 Å². The van der Waals surface area contributed by atoms with Crippen LogP contribution in [-0.4, -0.2) is 58.6 Å². The van der Waals surface area contributed by atoms with Crippen LogP contribution < -0.4 is 4.90 Å². The van der Waals surface area contributed by atoms with Gasteiger partial charge in [-0.05, 0) is 43.2 Å². The molecule has 0 radical (unpaired) electrons. The normalized spacial score (nSPS) is 19.1. The Labute approximate surface area is 161 Å². The van der Waals surface area contributed by atoms with Crippen LogP contribution in [0.3, 0.4) is 0 Å². The predicted octanol–water partition coefficient (Wildman–Crippen LogP) is 1.96. The lowest BCUT2D eigenvalue weighted by atomic mass is 9.88. The Morgan fingerprint density at radius 1 is 1.18 bits per heavy atom. The average molecular weight is 385 g/mol. The maximum atomic E-state index is 13.2. The van der Waals surface area contributed by atoms with E-state index in [9.17, 15) is 19.1 Å². The zero-order valence-corrected chi connectivity index (χ0v) is 15.2. The molecular weight excluding hydrogens is 365 g/mol. The van der Waals surface area contributed by atoms with Crippen molar-refractivity contribution in [3.63, 3.8) is 0 Å². The fourth-order valence-corrected chi connectivity index (χ4v) is 3.72. The van der Waals surface area contributed by atoms with Gasteiger partial charge in [-0.1, -0.05) is 0 Å². The van der Waals surface area contributed by atoms with E-state index in [1.807, 2.05) is 0 Å². The van der Waals surface area contributed by atoms with Crippen LogP contribution in [0.1, 0.15) is 23.2 Å². The number of aromatic hydroxyl groups is 1. The van der Waals surface area contributed by atoms with E-state index in [2.05, 4.69) is 4.98 Å². The number of rotatable bonds is 2. The van der Waals surface area contributed by atoms with Crippen molar-refractivity contribution in [1.82, 2.24) is 9.88 Å². The van der Waals surface area contributed by atoms with Crippen LogP contribution in [0.5, 0.6) is 5.75 Å². The van der Waals surface area contributed by atoms with Crippen molar-refractivity contribution in [1.29, 1.82) is 0 Å². The number of amides is 2. The molecule has 0 unspecified atom stereocenters. The Kier molecular flexibility index (Phi) is 4.72. The number of anilines is 1. The number of carbonyl (C=O) groups is 2. The molecule has 2 aliphatic heterocycles. The summed E-state index contributed by atoms with van der Waals surface area (Å²) in [7, 11) is 0. The minimum atomic E-state index is -0.532. The van der Waals surface area contributed by atoms with E-state index in [4.69, 9.17) is 4.74 Å². The maximum absolute atomic E-state index is 13.2. The summed E-state index contributed by atoms with van der Waals surface area (Å²) in [6.07, 6.45) is 3.86. The number of benzene rings is 1. The van der Waals surface area contributed by atoms with Crippen molar-refractivity contribution in [3.8, 4) is 5.75 Å². The number of pyridine rings is 1. The van der Waals surface area contributed by atoms with Gasteiger partial charge in [0, 0.05) is 25.0 Å². The van der Waals surface area contributed by atoms with E-state index in [0.29, 0.717) is 43.7 Å². The van der Waals surface area contributed by atoms with Gasteiger partial charge in [-0.15, -0.1) is 0 Å². The highest BCUT2D eigenvalue weighted by Gasteiger charge is 2.43. The summed E-state index contributed by atoms with van der Waals surface area (Å²) >= 11 is 0. The monoisotopic (exact) mass is 385 g/mol. The summed E-state index contributed by atoms with van der Waals surface area (Å²) < 4.78 is 19.1. The molecule has 1 N–H and O–H groups in total. The molecule has 0 saturated carbocycles. The number of morpholine rings is 1. The zero-order chi connectivity index (χ0) is 19.7. The molecule has 4 rings (SSSR count). The molecule has 146 valence electrons. The van der Waals surface area contributed by atoms with Crippen molar-refractivity contribution in [3.05, 3.63) is 54.1 Å². The van der Waals surface area contributed by atoms with Gasteiger partial charge in [0.05, 0.1) is 23.9 Å². The van der Waals surface area contributed by atoms with Crippen LogP contribution >= 0.6 is 0 Å². The molecule has 2 saturated heterocycles. The van der Waals surface area contributed by atoms with Crippen molar-refractivity contribution in [2.75, 3.05) is 31.1 Å². The minimum absolute atomic E-state index is 0.0399. The molecule has 2 amide bonds. The summed E-state index contributed by atoms with van der Waals surface area (Å²) in [5, 5.41) is 9.52. The Hall–Kier alpha value is -3.00. The van der Waals surface area contributed by atoms with Crippen LogP contribution in [0.2, 0.25) is 0 Å². The summed E-state index contributed by atoms with van der Waals surface area (Å²) in [4.78, 5) is 32.1. The number of hydrogen-bond donors (Lipinski definition) is 1. The van der Waals surface area contributed by atoms with Crippen LogP contribution in [0.25, 0.3) is 0 Å². The molecule has 0 bridgehead atoms. The van der Waals surface area contributed by atoms with Crippen LogP contribution in [0.15, 0.2) is 42.7 Å². The number of aromatic nitrogens is 1. The third-order valence-corrected chi connectivity index (χ3v) is 5.32. The van der Waals surface area contributed by atoms with Crippen molar-refractivity contribution in [2.45, 2.75) is 18.4 Å². The summed E-state index contributed by atoms with van der Waals surface area (Å²) in [5.41, 5.74) is 0.443. The molecule has 0 atom stereocenters. The number of carbonyl (C=O) groups excluding carboxylic acids is 2. The fourth-order valence-electron chi connectivity index (χ4n) is 3.72. The quantitative estimate of drug-likeness (QED) is 0.855. The third-order valence-electron chi connectivity index (χ3n) is 5.32. The first-order chi connectivity index (χ1) is 13.5. The van der Waals surface area contributed by atoms with Gasteiger partial charge in [0.25, 0.3) is 11.8 Å². The minimum Gasteiger partial charge on any atom is -0.506 e. The summed E-state index contributed by atoms with van der Waals surface area (Å²) in [6, 6.07) is 7.22. The first-order valence-corrected chi connectivity index (χ1v) is 9.09. The maximum Gasteiger partial charge on any atom is 0.255 e. The topological polar surface area (TPSA) is 83.0 Å². The lowest BCUT2D eigenvalue weighted by molar-refractivity contribution is -0.143. The Morgan fingerprint density at radius 3 is 2.57 bits per heavy atom. The molecule has 28 heavy (non-hydrogen) atoms. The molecule has 2 aromatic rings. The van der Waals surface area contributed by atoms with Gasteiger partial charge in [0.15, 0.2) is 0 Å². The predicted molar refractivity (Wildman–Crippen MR) is 98.5 cm³/mol. The fraction of sp³-hybridized carbons (Fsp3) is 0.350. The Balaban J connectivity index is 1.45. The molecule has 2 fully saturated rings. The first-order valence-electron chi connectivity index (χ1n) is 9.09. The largest absolute Gasteiger partial charge is 0.506 e. The number of nitrogens with zero attached hydrogens (tertiary/aromatic N) is 3. The molecule has 3 heterocycles. The van der Waals surface area contributed by atoms with Gasteiger partial charge >= 0.3 is 0 Å². The van der Waals surface area contributed by atoms with Crippen molar-refractivity contribution >= 4 is 17.5 Å². The molecule has 1 aromatic carbocycles. The first kappa shape index (κ1) is 18.4. The van der Waals surface area contributed by atoms with Gasteiger partial charge in [-0.3, -0.25) is 14.6 Å². The molecule has 1 spiro atoms. The zero-order valence-electron chi connectivity index (χ0n) is 15.2. The van der Waals surface area contributed by atoms with Gasteiger partial charge in [0.2, 0.25) is 0 Å². The molecule has 1 aromatic heterocycles. The lowest BCUT2D eigenvalue weighted by Crippen LogP contribution is -2.59. The molecule has 0 aliphatic carbocycles. The second-order valence-electron chi connectivity index (χ2n) is 7.15. The van der Waals surface area contributed by atoms with Crippen LogP contribution in [-0.2, 0) is 9.53 Å². The van der Waals surface area contributed by atoms with E-state index in [0.717, 1.165) is 0 Å². The highest BCUT2D eigenvalue weighted by molar-refractivity contribution is 5.95. The van der Waals surface area contributed by atoms with Gasteiger partial charge < -0.3 is 19.6 Å². The average Bonchev–Trinajstić information content (AvgIpc) is 2.71. The van der Waals surface area contributed by atoms with E-state index in [1.165, 1.54) is 30.6 Å². The molecule has 7 nitrogen and oxygen atoms in total. The van der Waals surface area contributed by atoms with E-state index in [1.54, 1.807) is 21.9 Å². The number of likely N-dealkylation sites (tertiary alicyclic amines) is 1. The van der Waals surface area contributed by atoms with Crippen molar-refractivity contribution < 1.29 is 23.8 Å². The van der Waals surface area contributed by atoms with Crippen LogP contribution in [0, 0.1) is 5.82 Å². The Morgan fingerprint density at radius 2 is 1.89 bits per heavy atom. The van der Waals surface area contributed by atoms with Crippen LogP contribution in [0.4, 0.5) is 10.1 Å². The number of halogens is 1. The number of piperidine rings is 1. The molecule has 8 heteroatoms. The lowest BCUT2D eigenvalue weighted by Gasteiger charge is -2.47. The second kappa shape index (κ2) is 7.20.